The standard InChI is InChI=1S/C22H26N4S.ClH/c23-22(20-7-4-14-27-20)25-18-11-9-17(10-12-18)19-15-24-21(26-19)13-8-16-5-2-1-3-6-16;/h4,7,9-12,14-16H,1-3,5-6,8,13H2,(H2,23,25)(H,24,26);1H. The maximum Gasteiger partial charge on any atom is 0.141 e. The Labute approximate surface area is 176 Å². The van der Waals surface area contributed by atoms with E-state index in [0.717, 1.165) is 40.0 Å². The molecule has 0 aliphatic heterocycles. The lowest BCUT2D eigenvalue weighted by atomic mass is 9.86. The molecule has 0 bridgehead atoms. The maximum atomic E-state index is 6.06. The molecule has 3 aromatic rings. The van der Waals surface area contributed by atoms with Crippen LogP contribution in [0.3, 0.4) is 0 Å². The van der Waals surface area contributed by atoms with Crippen molar-refractivity contribution in [2.75, 3.05) is 0 Å². The minimum Gasteiger partial charge on any atom is -0.383 e. The van der Waals surface area contributed by atoms with E-state index in [4.69, 9.17) is 5.73 Å². The lowest BCUT2D eigenvalue weighted by molar-refractivity contribution is 0.337. The molecule has 2 aromatic heterocycles. The van der Waals surface area contributed by atoms with E-state index in [9.17, 15) is 0 Å². The molecule has 0 radical (unpaired) electrons. The van der Waals surface area contributed by atoms with Gasteiger partial charge in [-0.1, -0.05) is 50.3 Å². The monoisotopic (exact) mass is 414 g/mol. The van der Waals surface area contributed by atoms with Gasteiger partial charge in [-0.3, -0.25) is 0 Å². The highest BCUT2D eigenvalue weighted by molar-refractivity contribution is 7.12. The summed E-state index contributed by atoms with van der Waals surface area (Å²) in [6.07, 6.45) is 11.2. The van der Waals surface area contributed by atoms with E-state index >= 15 is 0 Å². The van der Waals surface area contributed by atoms with Crippen LogP contribution in [0, 0.1) is 5.92 Å². The first-order chi connectivity index (χ1) is 13.3. The number of aliphatic imine (C=N–C) groups is 1. The van der Waals surface area contributed by atoms with Crippen molar-refractivity contribution in [3.63, 3.8) is 0 Å². The number of hydrogen-bond acceptors (Lipinski definition) is 3. The molecule has 6 heteroatoms. The molecule has 0 spiro atoms. The predicted molar refractivity (Wildman–Crippen MR) is 121 cm³/mol. The van der Waals surface area contributed by atoms with E-state index in [1.54, 1.807) is 11.3 Å². The van der Waals surface area contributed by atoms with Gasteiger partial charge in [-0.15, -0.1) is 23.7 Å². The fourth-order valence-corrected chi connectivity index (χ4v) is 4.41. The lowest BCUT2D eigenvalue weighted by Crippen LogP contribution is -2.10. The second-order valence-corrected chi connectivity index (χ2v) is 8.26. The molecule has 0 amide bonds. The highest BCUT2D eigenvalue weighted by Gasteiger charge is 2.14. The van der Waals surface area contributed by atoms with Crippen molar-refractivity contribution in [1.82, 2.24) is 9.97 Å². The number of rotatable bonds is 6. The van der Waals surface area contributed by atoms with E-state index in [1.807, 2.05) is 35.8 Å². The molecular weight excluding hydrogens is 388 g/mol. The number of imidazole rings is 1. The summed E-state index contributed by atoms with van der Waals surface area (Å²) in [5.41, 5.74) is 9.12. The summed E-state index contributed by atoms with van der Waals surface area (Å²) in [5.74, 6) is 2.54. The lowest BCUT2D eigenvalue weighted by Gasteiger charge is -2.20. The number of aromatic amines is 1. The van der Waals surface area contributed by atoms with Crippen molar-refractivity contribution in [2.45, 2.75) is 44.9 Å². The minimum absolute atomic E-state index is 0. The number of nitrogens with one attached hydrogen (secondary N) is 1. The zero-order chi connectivity index (χ0) is 18.5. The molecule has 2 heterocycles. The molecule has 1 aliphatic carbocycles. The van der Waals surface area contributed by atoms with Crippen molar-refractivity contribution in [1.29, 1.82) is 0 Å². The molecule has 28 heavy (non-hydrogen) atoms. The number of benzene rings is 1. The molecule has 0 atom stereocenters. The van der Waals surface area contributed by atoms with Crippen LogP contribution in [0.5, 0.6) is 0 Å². The Bertz CT molecular complexity index is 878. The zero-order valence-corrected chi connectivity index (χ0v) is 17.6. The van der Waals surface area contributed by atoms with E-state index in [-0.39, 0.29) is 12.4 Å². The molecule has 4 rings (SSSR count). The average Bonchev–Trinajstić information content (AvgIpc) is 3.40. The highest BCUT2D eigenvalue weighted by Crippen LogP contribution is 2.28. The van der Waals surface area contributed by atoms with E-state index in [1.165, 1.54) is 38.5 Å². The summed E-state index contributed by atoms with van der Waals surface area (Å²) < 4.78 is 0. The van der Waals surface area contributed by atoms with Crippen molar-refractivity contribution >= 4 is 35.3 Å². The van der Waals surface area contributed by atoms with Gasteiger partial charge in [-0.25, -0.2) is 9.98 Å². The van der Waals surface area contributed by atoms with Crippen LogP contribution in [0.4, 0.5) is 5.69 Å². The molecule has 0 saturated heterocycles. The number of hydrogen-bond donors (Lipinski definition) is 2. The van der Waals surface area contributed by atoms with Crippen molar-refractivity contribution < 1.29 is 0 Å². The minimum atomic E-state index is 0. The van der Waals surface area contributed by atoms with Crippen LogP contribution in [0.25, 0.3) is 11.3 Å². The van der Waals surface area contributed by atoms with E-state index in [0.29, 0.717) is 5.84 Å². The summed E-state index contributed by atoms with van der Waals surface area (Å²) in [7, 11) is 0. The largest absolute Gasteiger partial charge is 0.383 e. The summed E-state index contributed by atoms with van der Waals surface area (Å²) in [6.45, 7) is 0. The van der Waals surface area contributed by atoms with Gasteiger partial charge in [0.2, 0.25) is 0 Å². The second-order valence-electron chi connectivity index (χ2n) is 7.31. The van der Waals surface area contributed by atoms with Gasteiger partial charge in [0.15, 0.2) is 0 Å². The Morgan fingerprint density at radius 3 is 2.64 bits per heavy atom. The van der Waals surface area contributed by atoms with Gasteiger partial charge in [0.05, 0.1) is 22.5 Å². The van der Waals surface area contributed by atoms with Gasteiger partial charge >= 0.3 is 0 Å². The number of halogens is 1. The number of nitrogens with two attached hydrogens (primary N) is 1. The molecular formula is C22H27ClN4S. The molecule has 148 valence electrons. The molecule has 1 aromatic carbocycles. The molecule has 1 saturated carbocycles. The zero-order valence-electron chi connectivity index (χ0n) is 15.9. The quantitative estimate of drug-likeness (QED) is 0.377. The van der Waals surface area contributed by atoms with Crippen LogP contribution in [-0.4, -0.2) is 15.8 Å². The molecule has 1 aliphatic rings. The van der Waals surface area contributed by atoms with Gasteiger partial charge in [0, 0.05) is 6.42 Å². The summed E-state index contributed by atoms with van der Waals surface area (Å²) in [5, 5.41) is 2.00. The Balaban J connectivity index is 0.00000225. The first kappa shape index (κ1) is 20.6. The Morgan fingerprint density at radius 2 is 1.93 bits per heavy atom. The SMILES string of the molecule is Cl.NC(=Nc1ccc(-c2cnc(CCC3CCCCC3)[nH]2)cc1)c1cccs1. The summed E-state index contributed by atoms with van der Waals surface area (Å²) >= 11 is 1.60. The number of amidine groups is 1. The van der Waals surface area contributed by atoms with Gasteiger partial charge in [0.1, 0.15) is 11.7 Å². The first-order valence-electron chi connectivity index (χ1n) is 9.80. The Morgan fingerprint density at radius 1 is 1.14 bits per heavy atom. The topological polar surface area (TPSA) is 67.1 Å². The third-order valence-corrected chi connectivity index (χ3v) is 6.24. The molecule has 1 fully saturated rings. The molecule has 0 unspecified atom stereocenters. The fourth-order valence-electron chi connectivity index (χ4n) is 3.79. The van der Waals surface area contributed by atoms with Crippen LogP contribution in [0.1, 0.15) is 49.2 Å². The van der Waals surface area contributed by atoms with Crippen LogP contribution in [0.2, 0.25) is 0 Å². The highest BCUT2D eigenvalue weighted by atomic mass is 35.5. The van der Waals surface area contributed by atoms with Crippen molar-refractivity contribution in [2.24, 2.45) is 16.6 Å². The molecule has 4 nitrogen and oxygen atoms in total. The molecule has 3 N–H and O–H groups in total. The van der Waals surface area contributed by atoms with Gasteiger partial charge in [-0.05, 0) is 41.5 Å². The van der Waals surface area contributed by atoms with Crippen LogP contribution in [-0.2, 0) is 6.42 Å². The van der Waals surface area contributed by atoms with Crippen molar-refractivity contribution in [3.05, 3.63) is 58.7 Å². The number of aromatic nitrogens is 2. The number of thiophene rings is 1. The van der Waals surface area contributed by atoms with E-state index in [2.05, 4.69) is 27.1 Å². The predicted octanol–water partition coefficient (Wildman–Crippen LogP) is 6.11. The van der Waals surface area contributed by atoms with Gasteiger partial charge < -0.3 is 10.7 Å². The summed E-state index contributed by atoms with van der Waals surface area (Å²) in [4.78, 5) is 13.6. The number of aryl methyl sites for hydroxylation is 1. The number of H-pyrrole nitrogens is 1. The van der Waals surface area contributed by atoms with E-state index < -0.39 is 0 Å². The average molecular weight is 415 g/mol. The third-order valence-electron chi connectivity index (χ3n) is 5.34. The Hall–Kier alpha value is -2.11. The normalized spacial score (nSPS) is 15.4. The van der Waals surface area contributed by atoms with Crippen LogP contribution >= 0.6 is 23.7 Å². The smallest absolute Gasteiger partial charge is 0.141 e. The summed E-state index contributed by atoms with van der Waals surface area (Å²) in [6, 6.07) is 12.1. The maximum absolute atomic E-state index is 6.06. The Kier molecular flexibility index (Phi) is 7.29. The van der Waals surface area contributed by atoms with Crippen LogP contribution in [0.15, 0.2) is 53.0 Å². The van der Waals surface area contributed by atoms with Gasteiger partial charge in [0.25, 0.3) is 0 Å². The van der Waals surface area contributed by atoms with Crippen molar-refractivity contribution in [3.8, 4) is 11.3 Å². The first-order valence-corrected chi connectivity index (χ1v) is 10.7. The number of nitrogens with zero attached hydrogens (tertiary/aromatic N) is 2. The third kappa shape index (κ3) is 5.24. The van der Waals surface area contributed by atoms with Gasteiger partial charge in [-0.2, -0.15) is 0 Å². The van der Waals surface area contributed by atoms with Crippen LogP contribution < -0.4 is 5.73 Å². The second kappa shape index (κ2) is 9.89. The fraction of sp³-hybridized carbons (Fsp3) is 0.364.